The number of halogens is 2. The van der Waals surface area contributed by atoms with Gasteiger partial charge in [-0.15, -0.1) is 0 Å². The van der Waals surface area contributed by atoms with Crippen LogP contribution in [0.15, 0.2) is 16.7 Å². The van der Waals surface area contributed by atoms with E-state index in [0.29, 0.717) is 0 Å². The third-order valence-corrected chi connectivity index (χ3v) is 1.76. The first kappa shape index (κ1) is 9.85. The van der Waals surface area contributed by atoms with Crippen molar-refractivity contribution in [3.05, 3.63) is 26.9 Å². The van der Waals surface area contributed by atoms with Crippen molar-refractivity contribution in [2.75, 3.05) is 6.86 Å². The number of aromatic nitrogens is 1. The van der Waals surface area contributed by atoms with Crippen LogP contribution in [-0.2, 0) is 0 Å². The molecule has 5 nitrogen and oxygen atoms in total. The molecule has 13 heavy (non-hydrogen) atoms. The van der Waals surface area contributed by atoms with Crippen molar-refractivity contribution in [3.63, 3.8) is 0 Å². The van der Waals surface area contributed by atoms with Crippen LogP contribution in [0.3, 0.4) is 0 Å². The van der Waals surface area contributed by atoms with Gasteiger partial charge in [0.1, 0.15) is 6.20 Å². The second-order valence-corrected chi connectivity index (χ2v) is 2.85. The zero-order chi connectivity index (χ0) is 9.84. The third-order valence-electron chi connectivity index (χ3n) is 1.20. The summed E-state index contributed by atoms with van der Waals surface area (Å²) in [5, 5.41) is 10.3. The minimum absolute atomic E-state index is 0.00639. The first-order chi connectivity index (χ1) is 6.15. The molecule has 0 unspecified atom stereocenters. The van der Waals surface area contributed by atoms with Gasteiger partial charge >= 0.3 is 0 Å². The van der Waals surface area contributed by atoms with Crippen LogP contribution in [0.1, 0.15) is 0 Å². The topological polar surface area (TPSA) is 65.3 Å². The molecule has 0 atom stereocenters. The highest BCUT2D eigenvalue weighted by Gasteiger charge is 2.10. The predicted octanol–water partition coefficient (Wildman–Crippen LogP) is 2.06. The molecule has 0 amide bonds. The first-order valence-electron chi connectivity index (χ1n) is 3.14. The Morgan fingerprint density at radius 1 is 1.77 bits per heavy atom. The molecule has 0 bridgehead atoms. The fraction of sp³-hybridized carbons (Fsp3) is 0.167. The van der Waals surface area contributed by atoms with E-state index in [9.17, 15) is 14.5 Å². The van der Waals surface area contributed by atoms with E-state index in [1.807, 2.05) is 0 Å². The quantitative estimate of drug-likeness (QED) is 0.609. The van der Waals surface area contributed by atoms with Crippen LogP contribution in [0.4, 0.5) is 10.1 Å². The highest BCUT2D eigenvalue weighted by Crippen LogP contribution is 2.25. The molecule has 0 saturated carbocycles. The Kier molecular flexibility index (Phi) is 3.13. The highest BCUT2D eigenvalue weighted by atomic mass is 79.9. The number of pyridine rings is 1. The summed E-state index contributed by atoms with van der Waals surface area (Å²) in [6.45, 7) is -1.02. The molecular formula is C6H4BrFN2O3. The van der Waals surface area contributed by atoms with Crippen LogP contribution in [-0.4, -0.2) is 16.8 Å². The van der Waals surface area contributed by atoms with Crippen LogP contribution in [0.5, 0.6) is 5.88 Å². The smallest absolute Gasteiger partial charge is 0.288 e. The molecule has 1 aromatic rings. The number of hydrogen-bond acceptors (Lipinski definition) is 4. The van der Waals surface area contributed by atoms with Crippen molar-refractivity contribution in [2.24, 2.45) is 0 Å². The summed E-state index contributed by atoms with van der Waals surface area (Å²) in [7, 11) is 0. The molecule has 1 aromatic heterocycles. The van der Waals surface area contributed by atoms with Crippen molar-refractivity contribution in [3.8, 4) is 5.88 Å². The van der Waals surface area contributed by atoms with E-state index >= 15 is 0 Å². The predicted molar refractivity (Wildman–Crippen MR) is 45.2 cm³/mol. The van der Waals surface area contributed by atoms with Gasteiger partial charge in [0, 0.05) is 6.07 Å². The van der Waals surface area contributed by atoms with Crippen molar-refractivity contribution < 1.29 is 14.1 Å². The second-order valence-electron chi connectivity index (χ2n) is 1.99. The maximum atomic E-state index is 11.7. The van der Waals surface area contributed by atoms with E-state index < -0.39 is 11.8 Å². The zero-order valence-electron chi connectivity index (χ0n) is 6.24. The summed E-state index contributed by atoms with van der Waals surface area (Å²) in [5.41, 5.74) is -0.182. The molecule has 0 N–H and O–H groups in total. The summed E-state index contributed by atoms with van der Waals surface area (Å²) in [5.74, 6) is -0.00639. The minimum atomic E-state index is -1.02. The van der Waals surface area contributed by atoms with Gasteiger partial charge in [-0.2, -0.15) is 0 Å². The summed E-state index contributed by atoms with van der Waals surface area (Å²) in [4.78, 5) is 13.2. The lowest BCUT2D eigenvalue weighted by Gasteiger charge is -2.01. The largest absolute Gasteiger partial charge is 0.445 e. The molecule has 0 aliphatic carbocycles. The molecule has 0 aliphatic heterocycles. The average Bonchev–Trinajstić information content (AvgIpc) is 2.08. The van der Waals surface area contributed by atoms with E-state index in [4.69, 9.17) is 0 Å². The summed E-state index contributed by atoms with van der Waals surface area (Å²) in [6.07, 6.45) is 0.996. The van der Waals surface area contributed by atoms with Gasteiger partial charge in [-0.3, -0.25) is 10.1 Å². The van der Waals surface area contributed by atoms with Gasteiger partial charge in [0.2, 0.25) is 12.7 Å². The summed E-state index contributed by atoms with van der Waals surface area (Å²) in [6, 6.07) is 1.19. The number of hydrogen-bond donors (Lipinski definition) is 0. The Labute approximate surface area is 80.8 Å². The van der Waals surface area contributed by atoms with Gasteiger partial charge in [-0.25, -0.2) is 9.37 Å². The first-order valence-corrected chi connectivity index (χ1v) is 3.93. The van der Waals surface area contributed by atoms with Crippen LogP contribution < -0.4 is 4.74 Å². The molecule has 1 heterocycles. The molecule has 1 rings (SSSR count). The minimum Gasteiger partial charge on any atom is -0.445 e. The third kappa shape index (κ3) is 2.35. The molecular weight excluding hydrogens is 247 g/mol. The summed E-state index contributed by atoms with van der Waals surface area (Å²) < 4.78 is 16.4. The Bertz CT molecular complexity index is 334. The molecule has 0 radical (unpaired) electrons. The Balaban J connectivity index is 2.98. The normalized spacial score (nSPS) is 9.69. The van der Waals surface area contributed by atoms with E-state index in [0.717, 1.165) is 6.20 Å². The molecule has 70 valence electrons. The van der Waals surface area contributed by atoms with Crippen LogP contribution >= 0.6 is 15.9 Å². The lowest BCUT2D eigenvalue weighted by molar-refractivity contribution is -0.385. The average molecular weight is 251 g/mol. The number of ether oxygens (including phenoxy) is 1. The molecule has 7 heteroatoms. The monoisotopic (exact) mass is 250 g/mol. The SMILES string of the molecule is O=[N+]([O-])c1cnc(OCF)c(Br)c1. The van der Waals surface area contributed by atoms with Crippen molar-refractivity contribution in [2.45, 2.75) is 0 Å². The van der Waals surface area contributed by atoms with Crippen LogP contribution in [0.25, 0.3) is 0 Å². The fourth-order valence-electron chi connectivity index (χ4n) is 0.673. The Morgan fingerprint density at radius 3 is 2.92 bits per heavy atom. The van der Waals surface area contributed by atoms with Gasteiger partial charge in [-0.05, 0) is 15.9 Å². The van der Waals surface area contributed by atoms with Gasteiger partial charge in [0.15, 0.2) is 0 Å². The van der Waals surface area contributed by atoms with E-state index in [1.165, 1.54) is 6.07 Å². The molecule has 0 spiro atoms. The van der Waals surface area contributed by atoms with Gasteiger partial charge < -0.3 is 4.74 Å². The van der Waals surface area contributed by atoms with E-state index in [2.05, 4.69) is 25.7 Å². The standard InChI is InChI=1S/C6H4BrFN2O3/c7-5-1-4(10(11)12)2-9-6(5)13-3-8/h1-2H,3H2. The van der Waals surface area contributed by atoms with Gasteiger partial charge in [0.25, 0.3) is 5.69 Å². The lowest BCUT2D eigenvalue weighted by atomic mass is 10.4. The van der Waals surface area contributed by atoms with Crippen LogP contribution in [0, 0.1) is 10.1 Å². The molecule has 0 saturated heterocycles. The molecule has 0 fully saturated rings. The Morgan fingerprint density at radius 2 is 2.46 bits per heavy atom. The van der Waals surface area contributed by atoms with Gasteiger partial charge in [0.05, 0.1) is 9.40 Å². The molecule has 0 aliphatic rings. The number of nitrogens with zero attached hydrogens (tertiary/aromatic N) is 2. The second kappa shape index (κ2) is 4.13. The summed E-state index contributed by atoms with van der Waals surface area (Å²) >= 11 is 2.96. The van der Waals surface area contributed by atoms with E-state index in [1.54, 1.807) is 0 Å². The van der Waals surface area contributed by atoms with Crippen LogP contribution in [0.2, 0.25) is 0 Å². The number of nitro groups is 1. The van der Waals surface area contributed by atoms with Crippen molar-refractivity contribution >= 4 is 21.6 Å². The fourth-order valence-corrected chi connectivity index (χ4v) is 1.12. The van der Waals surface area contributed by atoms with Gasteiger partial charge in [-0.1, -0.05) is 0 Å². The lowest BCUT2D eigenvalue weighted by Crippen LogP contribution is -1.96. The van der Waals surface area contributed by atoms with Crippen molar-refractivity contribution in [1.82, 2.24) is 4.98 Å². The maximum absolute atomic E-state index is 11.7. The highest BCUT2D eigenvalue weighted by molar-refractivity contribution is 9.10. The van der Waals surface area contributed by atoms with Crippen molar-refractivity contribution in [1.29, 1.82) is 0 Å². The number of alkyl halides is 1. The maximum Gasteiger partial charge on any atom is 0.288 e. The molecule has 0 aromatic carbocycles. The number of rotatable bonds is 3. The van der Waals surface area contributed by atoms with E-state index in [-0.39, 0.29) is 16.0 Å². The Hall–Kier alpha value is -1.24. The zero-order valence-corrected chi connectivity index (χ0v) is 7.82.